The van der Waals surface area contributed by atoms with Crippen molar-refractivity contribution in [2.24, 2.45) is 0 Å². The van der Waals surface area contributed by atoms with Gasteiger partial charge in [0.05, 0.1) is 9.83 Å². The zero-order valence-corrected chi connectivity index (χ0v) is 15.3. The molecule has 0 spiro atoms. The number of benzene rings is 1. The molecule has 2 aromatic rings. The molecule has 20 heavy (non-hydrogen) atoms. The molecule has 5 heteroatoms. The van der Waals surface area contributed by atoms with Gasteiger partial charge in [-0.1, -0.05) is 28.9 Å². The molecule has 0 amide bonds. The van der Waals surface area contributed by atoms with Crippen LogP contribution in [-0.2, 0) is 0 Å². The Balaban J connectivity index is 2.50. The van der Waals surface area contributed by atoms with Gasteiger partial charge in [0, 0.05) is 14.9 Å². The Bertz CT molecular complexity index is 577. The van der Waals surface area contributed by atoms with Crippen LogP contribution in [0.4, 0.5) is 4.39 Å². The van der Waals surface area contributed by atoms with Gasteiger partial charge in [-0.05, 0) is 59.6 Å². The van der Waals surface area contributed by atoms with Crippen molar-refractivity contribution >= 4 is 43.2 Å². The zero-order chi connectivity index (χ0) is 14.7. The first-order valence-electron chi connectivity index (χ1n) is 6.47. The fourth-order valence-electron chi connectivity index (χ4n) is 2.19. The molecule has 0 aliphatic rings. The number of rotatable bonds is 5. The minimum atomic E-state index is -0.185. The molecule has 1 aromatic heterocycles. The summed E-state index contributed by atoms with van der Waals surface area (Å²) >= 11 is 8.67. The van der Waals surface area contributed by atoms with E-state index >= 15 is 0 Å². The fraction of sp³-hybridized carbons (Fsp3) is 0.333. The molecule has 1 N–H and O–H groups in total. The highest BCUT2D eigenvalue weighted by atomic mass is 79.9. The van der Waals surface area contributed by atoms with Crippen LogP contribution in [-0.4, -0.2) is 6.54 Å². The number of hydrogen-bond donors (Lipinski definition) is 1. The molecule has 0 saturated carbocycles. The van der Waals surface area contributed by atoms with Crippen LogP contribution in [0, 0.1) is 12.7 Å². The fourth-order valence-corrected chi connectivity index (χ4v) is 4.51. The van der Waals surface area contributed by atoms with E-state index in [4.69, 9.17) is 0 Å². The Hall–Kier alpha value is -0.230. The Morgan fingerprint density at radius 1 is 1.35 bits per heavy atom. The smallest absolute Gasteiger partial charge is 0.129 e. The largest absolute Gasteiger partial charge is 0.306 e. The van der Waals surface area contributed by atoms with E-state index < -0.39 is 0 Å². The summed E-state index contributed by atoms with van der Waals surface area (Å²) in [6, 6.07) is 7.06. The zero-order valence-electron chi connectivity index (χ0n) is 11.3. The molecular formula is C15H16Br2FNS. The molecule has 0 aliphatic heterocycles. The first kappa shape index (κ1) is 16.1. The first-order chi connectivity index (χ1) is 9.54. The average Bonchev–Trinajstić information content (AvgIpc) is 2.72. The van der Waals surface area contributed by atoms with Crippen molar-refractivity contribution in [3.8, 4) is 0 Å². The quantitative estimate of drug-likeness (QED) is 0.643. The SMILES string of the molecule is CCCNC(c1cc(Br)sc1C)c1c(F)cccc1Br. The number of hydrogen-bond acceptors (Lipinski definition) is 2. The number of halogens is 3. The summed E-state index contributed by atoms with van der Waals surface area (Å²) in [5, 5.41) is 3.45. The lowest BCUT2D eigenvalue weighted by Crippen LogP contribution is -2.24. The van der Waals surface area contributed by atoms with Crippen molar-refractivity contribution < 1.29 is 4.39 Å². The Labute approximate surface area is 139 Å². The van der Waals surface area contributed by atoms with Gasteiger partial charge in [0.15, 0.2) is 0 Å². The third-order valence-electron chi connectivity index (χ3n) is 3.12. The summed E-state index contributed by atoms with van der Waals surface area (Å²) in [5.74, 6) is -0.185. The Morgan fingerprint density at radius 2 is 2.10 bits per heavy atom. The second-order valence-electron chi connectivity index (χ2n) is 4.58. The third-order valence-corrected chi connectivity index (χ3v) is 5.38. The molecular weight excluding hydrogens is 405 g/mol. The van der Waals surface area contributed by atoms with Crippen LogP contribution >= 0.6 is 43.2 Å². The van der Waals surface area contributed by atoms with E-state index in [0.717, 1.165) is 26.8 Å². The summed E-state index contributed by atoms with van der Waals surface area (Å²) in [6.45, 7) is 5.02. The minimum absolute atomic E-state index is 0.131. The number of nitrogens with one attached hydrogen (secondary N) is 1. The molecule has 0 fully saturated rings. The molecule has 0 aliphatic carbocycles. The number of thiophene rings is 1. The maximum absolute atomic E-state index is 14.3. The highest BCUT2D eigenvalue weighted by Crippen LogP contribution is 2.37. The van der Waals surface area contributed by atoms with E-state index in [0.29, 0.717) is 5.56 Å². The highest BCUT2D eigenvalue weighted by Gasteiger charge is 2.23. The van der Waals surface area contributed by atoms with E-state index in [1.165, 1.54) is 10.9 Å². The molecule has 1 nitrogen and oxygen atoms in total. The van der Waals surface area contributed by atoms with Gasteiger partial charge in [0.1, 0.15) is 5.82 Å². The van der Waals surface area contributed by atoms with Gasteiger partial charge in [-0.25, -0.2) is 4.39 Å². The molecule has 2 rings (SSSR count). The summed E-state index contributed by atoms with van der Waals surface area (Å²) in [5.41, 5.74) is 1.80. The summed E-state index contributed by atoms with van der Waals surface area (Å²) in [6.07, 6.45) is 1.01. The molecule has 1 atom stereocenters. The van der Waals surface area contributed by atoms with Crippen LogP contribution in [0.1, 0.15) is 35.4 Å². The van der Waals surface area contributed by atoms with Crippen LogP contribution in [0.2, 0.25) is 0 Å². The average molecular weight is 421 g/mol. The van der Waals surface area contributed by atoms with Crippen molar-refractivity contribution in [2.45, 2.75) is 26.3 Å². The lowest BCUT2D eigenvalue weighted by molar-refractivity contribution is 0.544. The maximum atomic E-state index is 14.3. The van der Waals surface area contributed by atoms with Crippen molar-refractivity contribution in [1.29, 1.82) is 0 Å². The molecule has 108 valence electrons. The predicted octanol–water partition coefficient (Wildman–Crippen LogP) is 5.81. The van der Waals surface area contributed by atoms with E-state index in [-0.39, 0.29) is 11.9 Å². The normalized spacial score (nSPS) is 12.7. The Kier molecular flexibility index (Phi) is 5.78. The molecule has 1 aromatic carbocycles. The summed E-state index contributed by atoms with van der Waals surface area (Å²) in [4.78, 5) is 1.20. The second-order valence-corrected chi connectivity index (χ2v) is 8.07. The monoisotopic (exact) mass is 419 g/mol. The van der Waals surface area contributed by atoms with Gasteiger partial charge in [-0.15, -0.1) is 11.3 Å². The predicted molar refractivity (Wildman–Crippen MR) is 91.0 cm³/mol. The molecule has 1 heterocycles. The standard InChI is InChI=1S/C15H16Br2FNS/c1-3-7-19-15(10-8-13(17)20-9(10)2)14-11(16)5-4-6-12(14)18/h4-6,8,15,19H,3,7H2,1-2H3. The Morgan fingerprint density at radius 3 is 2.65 bits per heavy atom. The van der Waals surface area contributed by atoms with Gasteiger partial charge in [0.25, 0.3) is 0 Å². The lowest BCUT2D eigenvalue weighted by Gasteiger charge is -2.21. The first-order valence-corrected chi connectivity index (χ1v) is 8.88. The van der Waals surface area contributed by atoms with Crippen molar-refractivity contribution in [1.82, 2.24) is 5.32 Å². The van der Waals surface area contributed by atoms with Gasteiger partial charge in [-0.2, -0.15) is 0 Å². The second kappa shape index (κ2) is 7.16. The lowest BCUT2D eigenvalue weighted by atomic mass is 9.98. The van der Waals surface area contributed by atoms with Gasteiger partial charge in [0.2, 0.25) is 0 Å². The summed E-state index contributed by atoms with van der Waals surface area (Å²) in [7, 11) is 0. The molecule has 0 bridgehead atoms. The molecule has 0 saturated heterocycles. The maximum Gasteiger partial charge on any atom is 0.129 e. The van der Waals surface area contributed by atoms with Gasteiger partial charge in [-0.3, -0.25) is 0 Å². The van der Waals surface area contributed by atoms with Crippen molar-refractivity contribution in [3.05, 3.63) is 54.3 Å². The highest BCUT2D eigenvalue weighted by molar-refractivity contribution is 9.11. The topological polar surface area (TPSA) is 12.0 Å². The van der Waals surface area contributed by atoms with Crippen LogP contribution in [0.3, 0.4) is 0 Å². The van der Waals surface area contributed by atoms with Crippen molar-refractivity contribution in [2.75, 3.05) is 6.54 Å². The van der Waals surface area contributed by atoms with Gasteiger partial charge < -0.3 is 5.32 Å². The van der Waals surface area contributed by atoms with E-state index in [9.17, 15) is 4.39 Å². The number of aryl methyl sites for hydroxylation is 1. The van der Waals surface area contributed by atoms with Crippen LogP contribution in [0.25, 0.3) is 0 Å². The van der Waals surface area contributed by atoms with Gasteiger partial charge >= 0.3 is 0 Å². The third kappa shape index (κ3) is 3.50. The minimum Gasteiger partial charge on any atom is -0.306 e. The van der Waals surface area contributed by atoms with E-state index in [1.54, 1.807) is 17.4 Å². The van der Waals surface area contributed by atoms with Crippen LogP contribution in [0.5, 0.6) is 0 Å². The summed E-state index contributed by atoms with van der Waals surface area (Å²) < 4.78 is 16.1. The van der Waals surface area contributed by atoms with Crippen LogP contribution < -0.4 is 5.32 Å². The molecule has 0 radical (unpaired) electrons. The van der Waals surface area contributed by atoms with E-state index in [1.807, 2.05) is 6.07 Å². The van der Waals surface area contributed by atoms with E-state index in [2.05, 4.69) is 57.1 Å². The molecule has 1 unspecified atom stereocenters. The van der Waals surface area contributed by atoms with Crippen molar-refractivity contribution in [3.63, 3.8) is 0 Å². The van der Waals surface area contributed by atoms with Crippen LogP contribution in [0.15, 0.2) is 32.5 Å².